The first kappa shape index (κ1) is 20.2. The molecule has 144 valence electrons. The number of hydrogen-bond donors (Lipinski definition) is 1. The lowest BCUT2D eigenvalue weighted by molar-refractivity contribution is 0.0522. The fourth-order valence-electron chi connectivity index (χ4n) is 2.67. The molecule has 27 heavy (non-hydrogen) atoms. The number of anilines is 1. The Labute approximate surface area is 156 Å². The monoisotopic (exact) mass is 377 g/mol. The predicted octanol–water partition coefficient (Wildman–Crippen LogP) is 4.53. The lowest BCUT2D eigenvalue weighted by atomic mass is 10.1. The van der Waals surface area contributed by atoms with Gasteiger partial charge in [-0.05, 0) is 36.8 Å². The summed E-state index contributed by atoms with van der Waals surface area (Å²) in [4.78, 5) is 12.1. The van der Waals surface area contributed by atoms with Crippen molar-refractivity contribution in [1.82, 2.24) is 0 Å². The van der Waals surface area contributed by atoms with Gasteiger partial charge in [0.05, 0.1) is 25.5 Å². The van der Waals surface area contributed by atoms with Gasteiger partial charge in [0.1, 0.15) is 0 Å². The molecule has 0 spiro atoms. The lowest BCUT2D eigenvalue weighted by Gasteiger charge is -2.31. The molecule has 0 bridgehead atoms. The number of carboxylic acid groups (broad SMARTS) is 1. The van der Waals surface area contributed by atoms with Crippen LogP contribution in [-0.2, 0) is 0 Å². The van der Waals surface area contributed by atoms with Gasteiger partial charge in [-0.25, -0.2) is 4.79 Å². The number of carbonyl (C=O) groups is 1. The lowest BCUT2D eigenvalue weighted by Crippen LogP contribution is -2.40. The summed E-state index contributed by atoms with van der Waals surface area (Å²) in [5, 5.41) is 9.28. The normalized spacial score (nSPS) is 11.4. The number of halogens is 2. The molecule has 5 nitrogen and oxygen atoms in total. The van der Waals surface area contributed by atoms with Gasteiger partial charge in [0.25, 0.3) is 0 Å². The van der Waals surface area contributed by atoms with Crippen molar-refractivity contribution in [2.45, 2.75) is 13.0 Å². The second-order valence-corrected chi connectivity index (χ2v) is 5.60. The minimum absolute atomic E-state index is 0.0468. The van der Waals surface area contributed by atoms with Gasteiger partial charge >= 0.3 is 12.0 Å². The van der Waals surface area contributed by atoms with Crippen LogP contribution in [0.5, 0.6) is 11.5 Å². The first-order valence-electron chi connectivity index (χ1n) is 8.23. The maximum absolute atomic E-state index is 14.8. The molecule has 0 amide bonds. The van der Waals surface area contributed by atoms with E-state index >= 15 is 0 Å². The Kier molecular flexibility index (Phi) is 6.39. The molecule has 2 aromatic rings. The zero-order valence-corrected chi connectivity index (χ0v) is 15.3. The van der Waals surface area contributed by atoms with Crippen LogP contribution < -0.4 is 14.4 Å². The molecule has 0 fully saturated rings. The number of para-hydroxylation sites is 1. The van der Waals surface area contributed by atoms with Gasteiger partial charge in [-0.3, -0.25) is 0 Å². The Bertz CT molecular complexity index is 836. The third-order valence-electron chi connectivity index (χ3n) is 3.99. The number of likely N-dealkylation sites (N-methyl/N-ethyl adjacent to an activating group) is 1. The molecule has 2 aromatic carbocycles. The summed E-state index contributed by atoms with van der Waals surface area (Å²) in [5.74, 6) is -0.345. The highest BCUT2D eigenvalue weighted by Crippen LogP contribution is 2.33. The van der Waals surface area contributed by atoms with E-state index < -0.39 is 12.0 Å². The van der Waals surface area contributed by atoms with Crippen molar-refractivity contribution >= 4 is 17.7 Å². The Balaban J connectivity index is 2.36. The van der Waals surface area contributed by atoms with E-state index in [1.165, 1.54) is 51.5 Å². The molecule has 0 aliphatic rings. The average molecular weight is 377 g/mol. The van der Waals surface area contributed by atoms with Gasteiger partial charge in [-0.1, -0.05) is 24.3 Å². The molecule has 0 radical (unpaired) electrons. The Morgan fingerprint density at radius 2 is 1.81 bits per heavy atom. The first-order chi connectivity index (χ1) is 12.8. The SMILES string of the molecule is CCN(c1ccccc1C(=O)O)C(F)(F)/C=C/c1ccc(OC)c(OC)c1. The summed E-state index contributed by atoms with van der Waals surface area (Å²) in [5.41, 5.74) is 0.267. The van der Waals surface area contributed by atoms with Crippen molar-refractivity contribution in [1.29, 1.82) is 0 Å². The molecule has 0 unspecified atom stereocenters. The highest BCUT2D eigenvalue weighted by Gasteiger charge is 2.35. The smallest absolute Gasteiger partial charge is 0.346 e. The van der Waals surface area contributed by atoms with E-state index in [1.807, 2.05) is 0 Å². The Morgan fingerprint density at radius 3 is 2.41 bits per heavy atom. The number of hydrogen-bond acceptors (Lipinski definition) is 4. The van der Waals surface area contributed by atoms with Crippen molar-refractivity contribution in [3.63, 3.8) is 0 Å². The minimum atomic E-state index is -3.40. The molecular formula is C20H21F2NO4. The summed E-state index contributed by atoms with van der Waals surface area (Å²) in [6.45, 7) is 1.46. The number of carboxylic acids is 1. The van der Waals surface area contributed by atoms with Crippen LogP contribution in [0.1, 0.15) is 22.8 Å². The number of methoxy groups -OCH3 is 2. The van der Waals surface area contributed by atoms with E-state index in [4.69, 9.17) is 9.47 Å². The number of nitrogens with zero attached hydrogens (tertiary/aromatic N) is 1. The van der Waals surface area contributed by atoms with Crippen molar-refractivity contribution in [2.24, 2.45) is 0 Å². The third kappa shape index (κ3) is 4.55. The predicted molar refractivity (Wildman–Crippen MR) is 99.9 cm³/mol. The van der Waals surface area contributed by atoms with Crippen LogP contribution in [0.25, 0.3) is 6.08 Å². The van der Waals surface area contributed by atoms with Gasteiger partial charge in [-0.15, -0.1) is 0 Å². The Morgan fingerprint density at radius 1 is 1.15 bits per heavy atom. The van der Waals surface area contributed by atoms with E-state index in [0.29, 0.717) is 17.1 Å². The highest BCUT2D eigenvalue weighted by atomic mass is 19.3. The van der Waals surface area contributed by atoms with Gasteiger partial charge in [0.15, 0.2) is 11.5 Å². The fourth-order valence-corrected chi connectivity index (χ4v) is 2.67. The summed E-state index contributed by atoms with van der Waals surface area (Å²) in [6.07, 6.45) is 1.99. The van der Waals surface area contributed by atoms with E-state index in [9.17, 15) is 18.7 Å². The average Bonchev–Trinajstić information content (AvgIpc) is 2.66. The fraction of sp³-hybridized carbons (Fsp3) is 0.250. The second kappa shape index (κ2) is 8.53. The van der Waals surface area contributed by atoms with Crippen molar-refractivity contribution in [3.8, 4) is 11.5 Å². The van der Waals surface area contributed by atoms with Crippen LogP contribution in [0.3, 0.4) is 0 Å². The number of benzene rings is 2. The van der Waals surface area contributed by atoms with Crippen LogP contribution in [0, 0.1) is 0 Å². The van der Waals surface area contributed by atoms with Gasteiger partial charge in [0.2, 0.25) is 0 Å². The van der Waals surface area contributed by atoms with Crippen molar-refractivity contribution < 1.29 is 28.2 Å². The van der Waals surface area contributed by atoms with Gasteiger partial charge in [0, 0.05) is 12.6 Å². The zero-order valence-electron chi connectivity index (χ0n) is 15.3. The molecule has 0 aromatic heterocycles. The van der Waals surface area contributed by atoms with Crippen LogP contribution in [0.4, 0.5) is 14.5 Å². The molecule has 0 aliphatic heterocycles. The molecule has 1 N–H and O–H groups in total. The van der Waals surface area contributed by atoms with Gasteiger partial charge in [-0.2, -0.15) is 8.78 Å². The standard InChI is InChI=1S/C20H21F2NO4/c1-4-23(16-8-6-5-7-15(16)19(24)25)20(21,22)12-11-14-9-10-17(26-2)18(13-14)27-3/h5-13H,4H2,1-3H3,(H,24,25)/b12-11+. The maximum Gasteiger partial charge on any atom is 0.346 e. The summed E-state index contributed by atoms with van der Waals surface area (Å²) < 4.78 is 39.9. The molecule has 0 aliphatic carbocycles. The number of alkyl halides is 2. The molecule has 0 saturated carbocycles. The summed E-state index contributed by atoms with van der Waals surface area (Å²) >= 11 is 0. The van der Waals surface area contributed by atoms with E-state index in [0.717, 1.165) is 11.0 Å². The molecular weight excluding hydrogens is 356 g/mol. The molecule has 0 saturated heterocycles. The van der Waals surface area contributed by atoms with E-state index in [-0.39, 0.29) is 17.8 Å². The van der Waals surface area contributed by atoms with Crippen LogP contribution in [0.2, 0.25) is 0 Å². The van der Waals surface area contributed by atoms with E-state index in [1.54, 1.807) is 18.2 Å². The minimum Gasteiger partial charge on any atom is -0.493 e. The van der Waals surface area contributed by atoms with Crippen LogP contribution >= 0.6 is 0 Å². The molecule has 2 rings (SSSR count). The van der Waals surface area contributed by atoms with E-state index in [2.05, 4.69) is 0 Å². The number of ether oxygens (including phenoxy) is 2. The quantitative estimate of drug-likeness (QED) is 0.685. The topological polar surface area (TPSA) is 59.0 Å². The van der Waals surface area contributed by atoms with Crippen LogP contribution in [-0.4, -0.2) is 37.9 Å². The highest BCUT2D eigenvalue weighted by molar-refractivity contribution is 5.94. The largest absolute Gasteiger partial charge is 0.493 e. The molecule has 0 atom stereocenters. The molecule has 0 heterocycles. The maximum atomic E-state index is 14.8. The summed E-state index contributed by atoms with van der Waals surface area (Å²) in [6, 6.07) is 7.11. The van der Waals surface area contributed by atoms with Crippen molar-refractivity contribution in [3.05, 3.63) is 59.7 Å². The zero-order chi connectivity index (χ0) is 20.0. The summed E-state index contributed by atoms with van der Waals surface area (Å²) in [7, 11) is 2.95. The number of rotatable bonds is 8. The third-order valence-corrected chi connectivity index (χ3v) is 3.99. The second-order valence-electron chi connectivity index (χ2n) is 5.60. The Hall–Kier alpha value is -3.09. The first-order valence-corrected chi connectivity index (χ1v) is 8.23. The van der Waals surface area contributed by atoms with Gasteiger partial charge < -0.3 is 19.5 Å². The molecule has 7 heteroatoms. The van der Waals surface area contributed by atoms with Crippen LogP contribution in [0.15, 0.2) is 48.5 Å². The number of aromatic carboxylic acids is 1. The van der Waals surface area contributed by atoms with Crippen molar-refractivity contribution in [2.75, 3.05) is 25.7 Å².